The third kappa shape index (κ3) is 3.58. The first-order valence-electron chi connectivity index (χ1n) is 7.07. The van der Waals surface area contributed by atoms with E-state index < -0.39 is 0 Å². The number of amides is 1. The van der Waals surface area contributed by atoms with Crippen molar-refractivity contribution in [3.8, 4) is 0 Å². The van der Waals surface area contributed by atoms with Crippen molar-refractivity contribution < 1.29 is 4.79 Å². The Labute approximate surface area is 120 Å². The van der Waals surface area contributed by atoms with E-state index in [1.165, 1.54) is 10.8 Å². The number of nitrogens with two attached hydrogens (primary N) is 1. The molecule has 2 aromatic rings. The number of fused-ring (bicyclic) bond motifs is 1. The van der Waals surface area contributed by atoms with Gasteiger partial charge in [-0.1, -0.05) is 43.3 Å². The molecule has 0 radical (unpaired) electrons. The lowest BCUT2D eigenvalue weighted by Gasteiger charge is -2.19. The van der Waals surface area contributed by atoms with Crippen LogP contribution in [0.1, 0.15) is 25.3 Å². The number of hydrogen-bond acceptors (Lipinski definition) is 2. The Morgan fingerprint density at radius 3 is 2.60 bits per heavy atom. The molecular formula is C17H22N2O. The summed E-state index contributed by atoms with van der Waals surface area (Å²) in [7, 11) is 1.83. The molecule has 0 aromatic heterocycles. The third-order valence-electron chi connectivity index (χ3n) is 3.62. The molecule has 0 aliphatic heterocycles. The van der Waals surface area contributed by atoms with Gasteiger partial charge in [-0.05, 0) is 28.8 Å². The molecule has 1 amide bonds. The monoisotopic (exact) mass is 270 g/mol. The quantitative estimate of drug-likeness (QED) is 0.908. The zero-order valence-corrected chi connectivity index (χ0v) is 12.2. The van der Waals surface area contributed by atoms with E-state index in [9.17, 15) is 4.79 Å². The summed E-state index contributed by atoms with van der Waals surface area (Å²) in [5.74, 6) is 0.104. The van der Waals surface area contributed by atoms with E-state index in [4.69, 9.17) is 5.73 Å². The van der Waals surface area contributed by atoms with Crippen LogP contribution in [0, 0.1) is 0 Å². The van der Waals surface area contributed by atoms with Gasteiger partial charge in [0.25, 0.3) is 0 Å². The van der Waals surface area contributed by atoms with E-state index in [0.29, 0.717) is 13.0 Å². The first kappa shape index (κ1) is 14.5. The minimum Gasteiger partial charge on any atom is -0.341 e. The molecule has 1 atom stereocenters. The standard InChI is InChI=1S/C17H22N2O/c1-3-16(18)11-17(20)19(2)12-13-8-9-14-6-4-5-7-15(14)10-13/h4-10,16H,3,11-12,18H2,1-2H3. The minimum atomic E-state index is -0.0402. The maximum absolute atomic E-state index is 12.0. The van der Waals surface area contributed by atoms with E-state index in [1.54, 1.807) is 4.90 Å². The topological polar surface area (TPSA) is 46.3 Å². The summed E-state index contributed by atoms with van der Waals surface area (Å²) in [5, 5.41) is 2.43. The summed E-state index contributed by atoms with van der Waals surface area (Å²) >= 11 is 0. The molecule has 2 N–H and O–H groups in total. The Bertz CT molecular complexity index is 594. The van der Waals surface area contributed by atoms with E-state index in [0.717, 1.165) is 12.0 Å². The average molecular weight is 270 g/mol. The van der Waals surface area contributed by atoms with Gasteiger partial charge in [-0.2, -0.15) is 0 Å². The molecule has 0 aliphatic rings. The summed E-state index contributed by atoms with van der Waals surface area (Å²) in [4.78, 5) is 13.8. The second-order valence-corrected chi connectivity index (χ2v) is 5.30. The maximum Gasteiger partial charge on any atom is 0.224 e. The van der Waals surface area contributed by atoms with Crippen LogP contribution in [-0.4, -0.2) is 23.9 Å². The van der Waals surface area contributed by atoms with Crippen LogP contribution in [0.2, 0.25) is 0 Å². The molecule has 0 heterocycles. The first-order valence-corrected chi connectivity index (χ1v) is 7.07. The second-order valence-electron chi connectivity index (χ2n) is 5.30. The lowest BCUT2D eigenvalue weighted by Crippen LogP contribution is -2.32. The highest BCUT2D eigenvalue weighted by atomic mass is 16.2. The van der Waals surface area contributed by atoms with Gasteiger partial charge in [0.05, 0.1) is 0 Å². The predicted octanol–water partition coefficient (Wildman–Crippen LogP) is 2.93. The van der Waals surface area contributed by atoms with Gasteiger partial charge >= 0.3 is 0 Å². The second kappa shape index (κ2) is 6.53. The van der Waals surface area contributed by atoms with Crippen molar-refractivity contribution in [2.75, 3.05) is 7.05 Å². The number of carbonyl (C=O) groups is 1. The van der Waals surface area contributed by atoms with E-state index in [-0.39, 0.29) is 11.9 Å². The largest absolute Gasteiger partial charge is 0.341 e. The van der Waals surface area contributed by atoms with Crippen LogP contribution in [-0.2, 0) is 11.3 Å². The molecule has 20 heavy (non-hydrogen) atoms. The van der Waals surface area contributed by atoms with Crippen molar-refractivity contribution in [2.24, 2.45) is 5.73 Å². The summed E-state index contributed by atoms with van der Waals surface area (Å²) < 4.78 is 0. The van der Waals surface area contributed by atoms with Crippen LogP contribution in [0.25, 0.3) is 10.8 Å². The Hall–Kier alpha value is -1.87. The summed E-state index contributed by atoms with van der Waals surface area (Å²) in [5.41, 5.74) is 6.98. The minimum absolute atomic E-state index is 0.0402. The van der Waals surface area contributed by atoms with Gasteiger partial charge in [0.1, 0.15) is 0 Å². The van der Waals surface area contributed by atoms with Crippen molar-refractivity contribution in [2.45, 2.75) is 32.4 Å². The zero-order chi connectivity index (χ0) is 14.5. The van der Waals surface area contributed by atoms with Crippen LogP contribution in [0.3, 0.4) is 0 Å². The van der Waals surface area contributed by atoms with Crippen molar-refractivity contribution in [1.82, 2.24) is 4.90 Å². The molecule has 1 unspecified atom stereocenters. The smallest absolute Gasteiger partial charge is 0.224 e. The number of hydrogen-bond donors (Lipinski definition) is 1. The highest BCUT2D eigenvalue weighted by Gasteiger charge is 2.12. The fourth-order valence-corrected chi connectivity index (χ4v) is 2.22. The molecule has 106 valence electrons. The van der Waals surface area contributed by atoms with Crippen molar-refractivity contribution >= 4 is 16.7 Å². The van der Waals surface area contributed by atoms with Gasteiger partial charge in [0.15, 0.2) is 0 Å². The van der Waals surface area contributed by atoms with Gasteiger partial charge < -0.3 is 10.6 Å². The molecule has 3 heteroatoms. The molecular weight excluding hydrogens is 248 g/mol. The number of rotatable bonds is 5. The Kier molecular flexibility index (Phi) is 4.74. The predicted molar refractivity (Wildman–Crippen MR) is 83.3 cm³/mol. The van der Waals surface area contributed by atoms with Crippen LogP contribution < -0.4 is 5.73 Å². The Morgan fingerprint density at radius 2 is 1.90 bits per heavy atom. The molecule has 0 fully saturated rings. The van der Waals surface area contributed by atoms with E-state index >= 15 is 0 Å². The van der Waals surface area contributed by atoms with Gasteiger partial charge in [-0.15, -0.1) is 0 Å². The molecule has 0 saturated heterocycles. The van der Waals surface area contributed by atoms with Gasteiger partial charge in [0, 0.05) is 26.1 Å². The fourth-order valence-electron chi connectivity index (χ4n) is 2.22. The van der Waals surface area contributed by atoms with Crippen LogP contribution in [0.4, 0.5) is 0 Å². The summed E-state index contributed by atoms with van der Waals surface area (Å²) in [6, 6.07) is 14.5. The number of carbonyl (C=O) groups excluding carboxylic acids is 1. The average Bonchev–Trinajstić information content (AvgIpc) is 2.46. The zero-order valence-electron chi connectivity index (χ0n) is 12.2. The van der Waals surface area contributed by atoms with Crippen LogP contribution >= 0.6 is 0 Å². The molecule has 0 spiro atoms. The molecule has 0 saturated carbocycles. The molecule has 2 rings (SSSR count). The first-order chi connectivity index (χ1) is 9.60. The number of nitrogens with zero attached hydrogens (tertiary/aromatic N) is 1. The summed E-state index contributed by atoms with van der Waals surface area (Å²) in [6.07, 6.45) is 1.25. The SMILES string of the molecule is CCC(N)CC(=O)N(C)Cc1ccc2ccccc2c1. The lowest BCUT2D eigenvalue weighted by atomic mass is 10.1. The number of benzene rings is 2. The van der Waals surface area contributed by atoms with Crippen LogP contribution in [0.5, 0.6) is 0 Å². The normalized spacial score (nSPS) is 12.3. The highest BCUT2D eigenvalue weighted by Crippen LogP contribution is 2.16. The fraction of sp³-hybridized carbons (Fsp3) is 0.353. The maximum atomic E-state index is 12.0. The van der Waals surface area contributed by atoms with Gasteiger partial charge in [-0.3, -0.25) is 4.79 Å². The molecule has 0 aliphatic carbocycles. The van der Waals surface area contributed by atoms with Crippen molar-refractivity contribution in [3.63, 3.8) is 0 Å². The highest BCUT2D eigenvalue weighted by molar-refractivity contribution is 5.83. The molecule has 2 aromatic carbocycles. The lowest BCUT2D eigenvalue weighted by molar-refractivity contribution is -0.130. The molecule has 3 nitrogen and oxygen atoms in total. The van der Waals surface area contributed by atoms with Crippen molar-refractivity contribution in [1.29, 1.82) is 0 Å². The Balaban J connectivity index is 2.05. The Morgan fingerprint density at radius 1 is 1.20 bits per heavy atom. The third-order valence-corrected chi connectivity index (χ3v) is 3.62. The van der Waals surface area contributed by atoms with Gasteiger partial charge in [0.2, 0.25) is 5.91 Å². The van der Waals surface area contributed by atoms with Crippen molar-refractivity contribution in [3.05, 3.63) is 48.0 Å². The van der Waals surface area contributed by atoms with Gasteiger partial charge in [-0.25, -0.2) is 0 Å². The molecule has 0 bridgehead atoms. The van der Waals surface area contributed by atoms with E-state index in [1.807, 2.05) is 26.1 Å². The summed E-state index contributed by atoms with van der Waals surface area (Å²) in [6.45, 7) is 2.63. The van der Waals surface area contributed by atoms with E-state index in [2.05, 4.69) is 30.3 Å². The van der Waals surface area contributed by atoms with Crippen LogP contribution in [0.15, 0.2) is 42.5 Å².